The van der Waals surface area contributed by atoms with Gasteiger partial charge in [-0.15, -0.1) is 0 Å². The van der Waals surface area contributed by atoms with Gasteiger partial charge in [0.05, 0.1) is 6.54 Å². The molecule has 0 aliphatic carbocycles. The SMILES string of the molecule is NCC(=O)C1CCCNC1. The van der Waals surface area contributed by atoms with Gasteiger partial charge in [0.15, 0.2) is 5.78 Å². The molecule has 1 unspecified atom stereocenters. The average molecular weight is 142 g/mol. The highest BCUT2D eigenvalue weighted by Gasteiger charge is 2.18. The van der Waals surface area contributed by atoms with Crippen molar-refractivity contribution in [3.8, 4) is 0 Å². The highest BCUT2D eigenvalue weighted by atomic mass is 16.1. The van der Waals surface area contributed by atoms with Gasteiger partial charge in [-0.2, -0.15) is 0 Å². The number of carbonyl (C=O) groups excluding carboxylic acids is 1. The third kappa shape index (κ3) is 1.78. The minimum Gasteiger partial charge on any atom is -0.324 e. The van der Waals surface area contributed by atoms with Crippen molar-refractivity contribution in [3.05, 3.63) is 0 Å². The zero-order valence-corrected chi connectivity index (χ0v) is 6.10. The van der Waals surface area contributed by atoms with Gasteiger partial charge in [-0.05, 0) is 19.4 Å². The van der Waals surface area contributed by atoms with E-state index in [4.69, 9.17) is 5.73 Å². The Morgan fingerprint density at radius 3 is 3.00 bits per heavy atom. The van der Waals surface area contributed by atoms with Gasteiger partial charge in [-0.1, -0.05) is 0 Å². The van der Waals surface area contributed by atoms with E-state index in [1.807, 2.05) is 0 Å². The van der Waals surface area contributed by atoms with Crippen LogP contribution in [0.5, 0.6) is 0 Å². The van der Waals surface area contributed by atoms with Gasteiger partial charge >= 0.3 is 0 Å². The molecule has 1 fully saturated rings. The third-order valence-corrected chi connectivity index (χ3v) is 1.95. The molecular weight excluding hydrogens is 128 g/mol. The van der Waals surface area contributed by atoms with E-state index in [1.165, 1.54) is 0 Å². The van der Waals surface area contributed by atoms with E-state index in [0.29, 0.717) is 0 Å². The topological polar surface area (TPSA) is 55.1 Å². The van der Waals surface area contributed by atoms with Crippen LogP contribution in [-0.4, -0.2) is 25.4 Å². The number of carbonyl (C=O) groups is 1. The smallest absolute Gasteiger partial charge is 0.150 e. The van der Waals surface area contributed by atoms with Crippen LogP contribution in [0.2, 0.25) is 0 Å². The number of hydrogen-bond donors (Lipinski definition) is 2. The molecule has 0 aromatic heterocycles. The van der Waals surface area contributed by atoms with Crippen molar-refractivity contribution in [2.45, 2.75) is 12.8 Å². The molecule has 0 amide bonds. The second-order valence-electron chi connectivity index (χ2n) is 2.71. The summed E-state index contributed by atoms with van der Waals surface area (Å²) in [5.41, 5.74) is 5.23. The summed E-state index contributed by atoms with van der Waals surface area (Å²) in [6.45, 7) is 2.08. The van der Waals surface area contributed by atoms with E-state index in [-0.39, 0.29) is 18.2 Å². The van der Waals surface area contributed by atoms with Gasteiger partial charge < -0.3 is 11.1 Å². The predicted molar refractivity (Wildman–Crippen MR) is 39.7 cm³/mol. The molecule has 1 aliphatic rings. The van der Waals surface area contributed by atoms with E-state index >= 15 is 0 Å². The zero-order chi connectivity index (χ0) is 7.40. The van der Waals surface area contributed by atoms with Crippen LogP contribution >= 0.6 is 0 Å². The maximum atomic E-state index is 11.0. The number of piperidine rings is 1. The van der Waals surface area contributed by atoms with Crippen molar-refractivity contribution < 1.29 is 4.79 Å². The fourth-order valence-corrected chi connectivity index (χ4v) is 1.29. The minimum absolute atomic E-state index is 0.193. The standard InChI is InChI=1S/C7H14N2O/c8-4-7(10)6-2-1-3-9-5-6/h6,9H,1-5,8H2. The van der Waals surface area contributed by atoms with Gasteiger partial charge in [0, 0.05) is 12.5 Å². The van der Waals surface area contributed by atoms with Gasteiger partial charge in [0.25, 0.3) is 0 Å². The molecule has 1 atom stereocenters. The van der Waals surface area contributed by atoms with Crippen LogP contribution in [0.1, 0.15) is 12.8 Å². The fraction of sp³-hybridized carbons (Fsp3) is 0.857. The first-order valence-corrected chi connectivity index (χ1v) is 3.78. The largest absolute Gasteiger partial charge is 0.324 e. The second-order valence-corrected chi connectivity index (χ2v) is 2.71. The van der Waals surface area contributed by atoms with Gasteiger partial charge in [-0.25, -0.2) is 0 Å². The maximum Gasteiger partial charge on any atom is 0.150 e. The Bertz CT molecular complexity index is 119. The fourth-order valence-electron chi connectivity index (χ4n) is 1.29. The second kappa shape index (κ2) is 3.68. The third-order valence-electron chi connectivity index (χ3n) is 1.95. The Hall–Kier alpha value is -0.410. The van der Waals surface area contributed by atoms with E-state index in [2.05, 4.69) is 5.32 Å². The normalized spacial score (nSPS) is 26.3. The average Bonchev–Trinajstić information content (AvgIpc) is 2.05. The van der Waals surface area contributed by atoms with Crippen LogP contribution in [0.15, 0.2) is 0 Å². The van der Waals surface area contributed by atoms with Crippen LogP contribution in [0, 0.1) is 5.92 Å². The van der Waals surface area contributed by atoms with Crippen molar-refractivity contribution in [2.75, 3.05) is 19.6 Å². The van der Waals surface area contributed by atoms with E-state index < -0.39 is 0 Å². The summed E-state index contributed by atoms with van der Waals surface area (Å²) in [5.74, 6) is 0.394. The van der Waals surface area contributed by atoms with Crippen molar-refractivity contribution >= 4 is 5.78 Å². The lowest BCUT2D eigenvalue weighted by Crippen LogP contribution is -2.37. The summed E-state index contributed by atoms with van der Waals surface area (Å²) in [5, 5.41) is 3.17. The Morgan fingerprint density at radius 1 is 1.70 bits per heavy atom. The van der Waals surface area contributed by atoms with E-state index in [1.54, 1.807) is 0 Å². The molecule has 58 valence electrons. The van der Waals surface area contributed by atoms with Gasteiger partial charge in [-0.3, -0.25) is 4.79 Å². The number of ketones is 1. The molecule has 0 bridgehead atoms. The summed E-state index contributed by atoms with van der Waals surface area (Å²) >= 11 is 0. The lowest BCUT2D eigenvalue weighted by atomic mass is 9.95. The maximum absolute atomic E-state index is 11.0. The molecule has 10 heavy (non-hydrogen) atoms. The van der Waals surface area contributed by atoms with Crippen molar-refractivity contribution in [2.24, 2.45) is 11.7 Å². The molecule has 1 saturated heterocycles. The van der Waals surface area contributed by atoms with Crippen LogP contribution in [0.25, 0.3) is 0 Å². The van der Waals surface area contributed by atoms with Crippen LogP contribution in [0.3, 0.4) is 0 Å². The van der Waals surface area contributed by atoms with Gasteiger partial charge in [0.2, 0.25) is 0 Å². The Kier molecular flexibility index (Phi) is 2.83. The summed E-state index contributed by atoms with van der Waals surface area (Å²) in [7, 11) is 0. The van der Waals surface area contributed by atoms with E-state index in [9.17, 15) is 4.79 Å². The van der Waals surface area contributed by atoms with Crippen molar-refractivity contribution in [1.82, 2.24) is 5.32 Å². The molecule has 1 heterocycles. The summed E-state index contributed by atoms with van der Waals surface area (Å²) in [6, 6.07) is 0. The highest BCUT2D eigenvalue weighted by Crippen LogP contribution is 2.09. The van der Waals surface area contributed by atoms with Crippen molar-refractivity contribution in [3.63, 3.8) is 0 Å². The van der Waals surface area contributed by atoms with E-state index in [0.717, 1.165) is 25.9 Å². The first-order chi connectivity index (χ1) is 4.84. The molecule has 0 radical (unpaired) electrons. The molecule has 3 N–H and O–H groups in total. The van der Waals surface area contributed by atoms with Crippen LogP contribution in [0.4, 0.5) is 0 Å². The monoisotopic (exact) mass is 142 g/mol. The molecule has 1 rings (SSSR count). The molecule has 0 aromatic rings. The summed E-state index contributed by atoms with van der Waals surface area (Å²) < 4.78 is 0. The first kappa shape index (κ1) is 7.69. The Morgan fingerprint density at radius 2 is 2.50 bits per heavy atom. The van der Waals surface area contributed by atoms with Crippen molar-refractivity contribution in [1.29, 1.82) is 0 Å². The molecule has 0 spiro atoms. The lowest BCUT2D eigenvalue weighted by Gasteiger charge is -2.20. The predicted octanol–water partition coefficient (Wildman–Crippen LogP) is -0.486. The number of nitrogens with one attached hydrogen (secondary N) is 1. The van der Waals surface area contributed by atoms with Crippen LogP contribution in [-0.2, 0) is 4.79 Å². The summed E-state index contributed by atoms with van der Waals surface area (Å²) in [6.07, 6.45) is 2.12. The number of rotatable bonds is 2. The number of nitrogens with two attached hydrogens (primary N) is 1. The molecular formula is C7H14N2O. The zero-order valence-electron chi connectivity index (χ0n) is 6.10. The van der Waals surface area contributed by atoms with Gasteiger partial charge in [0.1, 0.15) is 0 Å². The minimum atomic E-state index is 0.193. The molecule has 1 aliphatic heterocycles. The van der Waals surface area contributed by atoms with Crippen LogP contribution < -0.4 is 11.1 Å². The first-order valence-electron chi connectivity index (χ1n) is 3.78. The number of Topliss-reactive ketones (excluding diaryl/α,β-unsaturated/α-hetero) is 1. The Labute approximate surface area is 61.0 Å². The number of hydrogen-bond acceptors (Lipinski definition) is 3. The Balaban J connectivity index is 2.31. The molecule has 0 saturated carbocycles. The summed E-state index contributed by atoms with van der Waals surface area (Å²) in [4.78, 5) is 11.0. The molecule has 3 heteroatoms. The molecule has 0 aromatic carbocycles. The molecule has 3 nitrogen and oxygen atoms in total. The lowest BCUT2D eigenvalue weighted by molar-refractivity contribution is -0.121. The quantitative estimate of drug-likeness (QED) is 0.547. The highest BCUT2D eigenvalue weighted by molar-refractivity contribution is 5.83.